The van der Waals surface area contributed by atoms with Gasteiger partial charge in [-0.3, -0.25) is 0 Å². The minimum Gasteiger partial charge on any atom is -0.142 e. The number of nitrogens with zero attached hydrogens (tertiary/aromatic N) is 2. The van der Waals surface area contributed by atoms with Gasteiger partial charge in [0.25, 0.3) is 0 Å². The molecule has 0 bridgehead atoms. The van der Waals surface area contributed by atoms with Crippen LogP contribution in [-0.4, -0.2) is 10.2 Å². The Morgan fingerprint density at radius 1 is 1.13 bits per heavy atom. The summed E-state index contributed by atoms with van der Waals surface area (Å²) in [5.41, 5.74) is 1.03. The molecule has 2 nitrogen and oxygen atoms in total. The van der Waals surface area contributed by atoms with Gasteiger partial charge in [0.1, 0.15) is 10.0 Å². The maximum atomic E-state index is 5.68. The van der Waals surface area contributed by atoms with Crippen molar-refractivity contribution in [3.05, 3.63) is 32.2 Å². The third-order valence-electron chi connectivity index (χ3n) is 1.69. The number of hydrogen-bond donors (Lipinski definition) is 0. The van der Waals surface area contributed by atoms with Crippen LogP contribution in [0.1, 0.15) is 5.01 Å². The van der Waals surface area contributed by atoms with Crippen LogP contribution in [0.2, 0.25) is 0 Å². The van der Waals surface area contributed by atoms with Gasteiger partial charge in [-0.2, -0.15) is 0 Å². The number of aromatic nitrogens is 2. The number of hydrogen-bond acceptors (Lipinski definition) is 3. The Bertz CT molecular complexity index is 466. The number of rotatable bonds is 2. The Hall–Kier alpha value is 0.0300. The first-order valence-electron chi connectivity index (χ1n) is 4.04. The summed E-state index contributed by atoms with van der Waals surface area (Å²) in [6, 6.07) is 5.99. The second kappa shape index (κ2) is 4.91. The van der Waals surface area contributed by atoms with Crippen molar-refractivity contribution in [3.63, 3.8) is 0 Å². The Morgan fingerprint density at radius 3 is 2.33 bits per heavy atom. The lowest BCUT2D eigenvalue weighted by molar-refractivity contribution is 1.04. The summed E-state index contributed by atoms with van der Waals surface area (Å²) >= 11 is 14.1. The van der Waals surface area contributed by atoms with E-state index in [1.165, 1.54) is 11.3 Å². The van der Waals surface area contributed by atoms with Crippen LogP contribution in [0.3, 0.4) is 0 Å². The molecule has 0 aliphatic heterocycles. The van der Waals surface area contributed by atoms with Gasteiger partial charge in [0.15, 0.2) is 0 Å². The van der Waals surface area contributed by atoms with Crippen LogP contribution in [0.15, 0.2) is 27.1 Å². The molecule has 0 aliphatic carbocycles. The van der Waals surface area contributed by atoms with E-state index >= 15 is 0 Å². The molecule has 1 aromatic heterocycles. The molecule has 2 aromatic rings. The van der Waals surface area contributed by atoms with Crippen LogP contribution in [0.4, 0.5) is 0 Å². The summed E-state index contributed by atoms with van der Waals surface area (Å²) in [5, 5.41) is 9.78. The zero-order valence-electron chi connectivity index (χ0n) is 7.38. The molecule has 0 unspecified atom stereocenters. The van der Waals surface area contributed by atoms with Crippen LogP contribution in [0.25, 0.3) is 10.6 Å². The summed E-state index contributed by atoms with van der Waals surface area (Å²) < 4.78 is 2.02. The molecule has 0 saturated heterocycles. The van der Waals surface area contributed by atoms with E-state index in [0.29, 0.717) is 5.88 Å². The molecular weight excluding hydrogens is 363 g/mol. The zero-order valence-corrected chi connectivity index (χ0v) is 12.1. The zero-order chi connectivity index (χ0) is 10.8. The van der Waals surface area contributed by atoms with Gasteiger partial charge < -0.3 is 0 Å². The van der Waals surface area contributed by atoms with Crippen LogP contribution < -0.4 is 0 Å². The van der Waals surface area contributed by atoms with E-state index in [1.807, 2.05) is 18.2 Å². The molecule has 6 heteroatoms. The molecule has 0 radical (unpaired) electrons. The Balaban J connectivity index is 2.44. The first-order chi connectivity index (χ1) is 7.19. The predicted octanol–water partition coefficient (Wildman–Crippen LogP) is 4.47. The van der Waals surface area contributed by atoms with Crippen molar-refractivity contribution < 1.29 is 0 Å². The standard InChI is InChI=1S/C9H5Br2ClN2S/c10-6-1-5(2-7(11)3-6)9-14-13-8(4-12)15-9/h1-3H,4H2. The first-order valence-corrected chi connectivity index (χ1v) is 6.97. The normalized spacial score (nSPS) is 10.6. The Kier molecular flexibility index (Phi) is 3.77. The summed E-state index contributed by atoms with van der Waals surface area (Å²) in [6.45, 7) is 0. The molecule has 0 aliphatic rings. The molecule has 0 spiro atoms. The van der Waals surface area contributed by atoms with Crippen molar-refractivity contribution in [2.75, 3.05) is 0 Å². The Labute approximate surface area is 113 Å². The molecule has 0 fully saturated rings. The lowest BCUT2D eigenvalue weighted by Crippen LogP contribution is -1.78. The van der Waals surface area contributed by atoms with Gasteiger partial charge in [-0.15, -0.1) is 21.8 Å². The van der Waals surface area contributed by atoms with Gasteiger partial charge >= 0.3 is 0 Å². The van der Waals surface area contributed by atoms with E-state index < -0.39 is 0 Å². The minimum absolute atomic E-state index is 0.410. The number of benzene rings is 1. The minimum atomic E-state index is 0.410. The molecule has 2 rings (SSSR count). The van der Waals surface area contributed by atoms with Crippen molar-refractivity contribution in [1.82, 2.24) is 10.2 Å². The quantitative estimate of drug-likeness (QED) is 0.731. The van der Waals surface area contributed by atoms with E-state index in [-0.39, 0.29) is 0 Å². The number of halogens is 3. The average molecular weight is 368 g/mol. The first kappa shape index (κ1) is 11.5. The van der Waals surface area contributed by atoms with Crippen LogP contribution in [0.5, 0.6) is 0 Å². The van der Waals surface area contributed by atoms with Crippen molar-refractivity contribution in [3.8, 4) is 10.6 Å². The number of alkyl halides is 1. The third-order valence-corrected chi connectivity index (χ3v) is 3.99. The van der Waals surface area contributed by atoms with Gasteiger partial charge in [-0.05, 0) is 18.2 Å². The highest BCUT2D eigenvalue weighted by molar-refractivity contribution is 9.11. The average Bonchev–Trinajstić information content (AvgIpc) is 2.64. The van der Waals surface area contributed by atoms with E-state index in [4.69, 9.17) is 11.6 Å². The fraction of sp³-hybridized carbons (Fsp3) is 0.111. The van der Waals surface area contributed by atoms with Crippen molar-refractivity contribution >= 4 is 54.8 Å². The highest BCUT2D eigenvalue weighted by Crippen LogP contribution is 2.29. The second-order valence-corrected chi connectivity index (χ2v) is 5.95. The molecule has 78 valence electrons. The van der Waals surface area contributed by atoms with E-state index in [1.54, 1.807) is 0 Å². The third kappa shape index (κ3) is 2.78. The monoisotopic (exact) mass is 366 g/mol. The second-order valence-electron chi connectivity index (χ2n) is 2.79. The van der Waals surface area contributed by atoms with E-state index in [9.17, 15) is 0 Å². The van der Waals surface area contributed by atoms with Gasteiger partial charge in [0.2, 0.25) is 0 Å². The molecule has 0 N–H and O–H groups in total. The smallest absolute Gasteiger partial charge is 0.142 e. The molecule has 0 atom stereocenters. The lowest BCUT2D eigenvalue weighted by Gasteiger charge is -1.98. The highest BCUT2D eigenvalue weighted by Gasteiger charge is 2.07. The van der Waals surface area contributed by atoms with E-state index in [2.05, 4.69) is 42.1 Å². The summed E-state index contributed by atoms with van der Waals surface area (Å²) in [7, 11) is 0. The van der Waals surface area contributed by atoms with Gasteiger partial charge in [0, 0.05) is 14.5 Å². The SMILES string of the molecule is ClCc1nnc(-c2cc(Br)cc(Br)c2)s1. The molecule has 1 aromatic carbocycles. The van der Waals surface area contributed by atoms with Crippen molar-refractivity contribution in [2.24, 2.45) is 0 Å². The summed E-state index contributed by atoms with van der Waals surface area (Å²) in [4.78, 5) is 0. The summed E-state index contributed by atoms with van der Waals surface area (Å²) in [5.74, 6) is 0.410. The maximum Gasteiger partial charge on any atom is 0.147 e. The Morgan fingerprint density at radius 2 is 1.80 bits per heavy atom. The molecular formula is C9H5Br2ClN2S. The summed E-state index contributed by atoms with van der Waals surface area (Å²) in [6.07, 6.45) is 0. The molecule has 0 saturated carbocycles. The van der Waals surface area contributed by atoms with Crippen LogP contribution in [-0.2, 0) is 5.88 Å². The van der Waals surface area contributed by atoms with Crippen molar-refractivity contribution in [2.45, 2.75) is 5.88 Å². The molecule has 0 amide bonds. The van der Waals surface area contributed by atoms with Gasteiger partial charge in [0.05, 0.1) is 5.88 Å². The van der Waals surface area contributed by atoms with Crippen molar-refractivity contribution in [1.29, 1.82) is 0 Å². The fourth-order valence-electron chi connectivity index (χ4n) is 1.10. The fourth-order valence-corrected chi connectivity index (χ4v) is 3.29. The van der Waals surface area contributed by atoms with E-state index in [0.717, 1.165) is 24.5 Å². The highest BCUT2D eigenvalue weighted by atomic mass is 79.9. The van der Waals surface area contributed by atoms with Gasteiger partial charge in [-0.25, -0.2) is 0 Å². The predicted molar refractivity (Wildman–Crippen MR) is 70.3 cm³/mol. The topological polar surface area (TPSA) is 25.8 Å². The molecule has 15 heavy (non-hydrogen) atoms. The lowest BCUT2D eigenvalue weighted by atomic mass is 10.2. The van der Waals surface area contributed by atoms with Gasteiger partial charge in [-0.1, -0.05) is 43.2 Å². The van der Waals surface area contributed by atoms with Crippen LogP contribution >= 0.6 is 54.8 Å². The van der Waals surface area contributed by atoms with Crippen LogP contribution in [0, 0.1) is 0 Å². The maximum absolute atomic E-state index is 5.68. The largest absolute Gasteiger partial charge is 0.147 e. The molecule has 1 heterocycles.